The van der Waals surface area contributed by atoms with Gasteiger partial charge in [0, 0.05) is 39.4 Å². The van der Waals surface area contributed by atoms with E-state index in [0.717, 1.165) is 89.2 Å². The minimum absolute atomic E-state index is 0.604. The van der Waals surface area contributed by atoms with Gasteiger partial charge in [-0.3, -0.25) is 4.98 Å². The van der Waals surface area contributed by atoms with Crippen LogP contribution in [0.3, 0.4) is 0 Å². The maximum absolute atomic E-state index is 6.70. The van der Waals surface area contributed by atoms with E-state index in [4.69, 9.17) is 24.7 Å². The molecule has 0 saturated heterocycles. The largest absolute Gasteiger partial charge is 0.457 e. The zero-order chi connectivity index (χ0) is 39.6. The van der Waals surface area contributed by atoms with Crippen LogP contribution in [0.5, 0.6) is 11.5 Å². The monoisotopic (exact) mass is 766 g/mol. The summed E-state index contributed by atoms with van der Waals surface area (Å²) in [6.45, 7) is 0. The van der Waals surface area contributed by atoms with Crippen molar-refractivity contribution in [1.29, 1.82) is 0 Å². The number of pyridine rings is 1. The molecule has 0 radical (unpaired) electrons. The number of fused-ring (bicyclic) bond motifs is 10. The molecule has 0 N–H and O–H groups in total. The first-order valence-electron chi connectivity index (χ1n) is 20.2. The van der Waals surface area contributed by atoms with Crippen LogP contribution in [0, 0.1) is 0 Å². The van der Waals surface area contributed by atoms with Gasteiger partial charge >= 0.3 is 0 Å². The Labute approximate surface area is 347 Å². The van der Waals surface area contributed by atoms with E-state index in [0.29, 0.717) is 17.5 Å². The van der Waals surface area contributed by atoms with Gasteiger partial charge in [-0.05, 0) is 74.8 Å². The van der Waals surface area contributed by atoms with Crippen molar-refractivity contribution in [2.75, 3.05) is 0 Å². The zero-order valence-corrected chi connectivity index (χ0v) is 32.3. The molecule has 280 valence electrons. The molecule has 0 fully saturated rings. The predicted octanol–water partition coefficient (Wildman–Crippen LogP) is 13.2. The zero-order valence-electron chi connectivity index (χ0n) is 32.3. The molecule has 5 nitrogen and oxygen atoms in total. The van der Waals surface area contributed by atoms with Gasteiger partial charge in [0.25, 0.3) is 0 Å². The number of para-hydroxylation sites is 2. The maximum atomic E-state index is 6.70. The van der Waals surface area contributed by atoms with Crippen LogP contribution in [0.15, 0.2) is 206 Å². The second kappa shape index (κ2) is 13.5. The molecule has 10 aromatic rings. The maximum Gasteiger partial charge on any atom is 0.164 e. The summed E-state index contributed by atoms with van der Waals surface area (Å²) in [5.74, 6) is 3.51. The van der Waals surface area contributed by atoms with E-state index in [2.05, 4.69) is 170 Å². The van der Waals surface area contributed by atoms with E-state index < -0.39 is 5.41 Å². The van der Waals surface area contributed by atoms with Gasteiger partial charge in [-0.1, -0.05) is 170 Å². The van der Waals surface area contributed by atoms with Crippen molar-refractivity contribution in [3.63, 3.8) is 0 Å². The smallest absolute Gasteiger partial charge is 0.164 e. The second-order valence-corrected chi connectivity index (χ2v) is 15.3. The van der Waals surface area contributed by atoms with Crippen molar-refractivity contribution in [2.24, 2.45) is 0 Å². The molecule has 12 rings (SSSR count). The Balaban J connectivity index is 1.17. The molecule has 1 aliphatic carbocycles. The van der Waals surface area contributed by atoms with Crippen LogP contribution in [-0.4, -0.2) is 19.9 Å². The first-order chi connectivity index (χ1) is 29.7. The van der Waals surface area contributed by atoms with E-state index >= 15 is 0 Å². The Morgan fingerprint density at radius 2 is 0.900 bits per heavy atom. The first-order valence-corrected chi connectivity index (χ1v) is 20.2. The van der Waals surface area contributed by atoms with Crippen LogP contribution < -0.4 is 4.74 Å². The van der Waals surface area contributed by atoms with Gasteiger partial charge in [0.2, 0.25) is 0 Å². The lowest BCUT2D eigenvalue weighted by atomic mass is 9.66. The lowest BCUT2D eigenvalue weighted by molar-refractivity contribution is 0.436. The summed E-state index contributed by atoms with van der Waals surface area (Å²) in [7, 11) is 0. The van der Waals surface area contributed by atoms with Gasteiger partial charge < -0.3 is 4.74 Å². The Kier molecular flexibility index (Phi) is 7.69. The molecule has 0 saturated carbocycles. The van der Waals surface area contributed by atoms with Crippen LogP contribution in [-0.2, 0) is 5.41 Å². The van der Waals surface area contributed by atoms with Crippen molar-refractivity contribution in [3.8, 4) is 79.0 Å². The molecule has 3 heterocycles. The third kappa shape index (κ3) is 5.19. The van der Waals surface area contributed by atoms with E-state index in [1.807, 2.05) is 36.5 Å². The number of hydrogen-bond acceptors (Lipinski definition) is 5. The number of rotatable bonds is 5. The van der Waals surface area contributed by atoms with Crippen molar-refractivity contribution in [3.05, 3.63) is 229 Å². The highest BCUT2D eigenvalue weighted by Gasteiger charge is 2.52. The molecule has 0 atom stereocenters. The Hall–Kier alpha value is -8.02. The molecule has 2 aromatic heterocycles. The van der Waals surface area contributed by atoms with Crippen molar-refractivity contribution < 1.29 is 4.74 Å². The van der Waals surface area contributed by atoms with Gasteiger partial charge in [-0.15, -0.1) is 0 Å². The minimum Gasteiger partial charge on any atom is -0.457 e. The van der Waals surface area contributed by atoms with E-state index in [1.165, 1.54) is 5.56 Å². The molecule has 0 bridgehead atoms. The first kappa shape index (κ1) is 34.1. The average molecular weight is 767 g/mol. The molecule has 0 unspecified atom stereocenters. The Bertz CT molecular complexity index is 3260. The Morgan fingerprint density at radius 1 is 0.350 bits per heavy atom. The van der Waals surface area contributed by atoms with E-state index in [9.17, 15) is 0 Å². The van der Waals surface area contributed by atoms with E-state index in [1.54, 1.807) is 0 Å². The predicted molar refractivity (Wildman–Crippen MR) is 240 cm³/mol. The standard InChI is InChI=1S/C55H34N4O/c1-3-15-35(16-4-1)38-19-11-20-40(33-38)53-57-52(37-17-5-2-6-18-37)58-54(59-53)42-23-13-27-46-51(42)50-41(39-31-30-36-21-14-32-56-47(36)34-39)22-12-26-45(50)55(46)43-24-7-9-28-48(43)60-49-29-10-8-25-44(49)55/h1-34H. The van der Waals surface area contributed by atoms with Gasteiger partial charge in [0.1, 0.15) is 11.5 Å². The molecule has 0 amide bonds. The molecule has 1 spiro atoms. The SMILES string of the molecule is c1ccc(-c2cccc(-c3nc(-c4ccccc4)nc(-c4cccc5c4-c4c(-c6ccc7cccnc7c6)cccc4C54c5ccccc5Oc5ccccc54)n3)c2)cc1. The van der Waals surface area contributed by atoms with Gasteiger partial charge in [-0.2, -0.15) is 0 Å². The molecular weight excluding hydrogens is 733 g/mol. The minimum atomic E-state index is -0.695. The number of hydrogen-bond donors (Lipinski definition) is 0. The van der Waals surface area contributed by atoms with Gasteiger partial charge in [-0.25, -0.2) is 15.0 Å². The molecular formula is C55H34N4O. The third-order valence-electron chi connectivity index (χ3n) is 12.0. The van der Waals surface area contributed by atoms with Crippen LogP contribution in [0.2, 0.25) is 0 Å². The quantitative estimate of drug-likeness (QED) is 0.175. The lowest BCUT2D eigenvalue weighted by Gasteiger charge is -2.39. The normalized spacial score (nSPS) is 12.9. The average Bonchev–Trinajstić information content (AvgIpc) is 3.63. The lowest BCUT2D eigenvalue weighted by Crippen LogP contribution is -2.32. The second-order valence-electron chi connectivity index (χ2n) is 15.3. The van der Waals surface area contributed by atoms with Crippen LogP contribution in [0.25, 0.3) is 78.4 Å². The van der Waals surface area contributed by atoms with E-state index in [-0.39, 0.29) is 0 Å². The molecule has 8 aromatic carbocycles. The van der Waals surface area contributed by atoms with Crippen molar-refractivity contribution >= 4 is 10.9 Å². The highest BCUT2D eigenvalue weighted by Crippen LogP contribution is 2.64. The molecule has 1 aliphatic heterocycles. The molecule has 5 heteroatoms. The summed E-state index contributed by atoms with van der Waals surface area (Å²) < 4.78 is 6.70. The highest BCUT2D eigenvalue weighted by atomic mass is 16.5. The summed E-state index contributed by atoms with van der Waals surface area (Å²) in [6, 6.07) is 70.1. The number of ether oxygens (including phenoxy) is 1. The van der Waals surface area contributed by atoms with Crippen molar-refractivity contribution in [2.45, 2.75) is 5.41 Å². The van der Waals surface area contributed by atoms with Gasteiger partial charge in [0.05, 0.1) is 10.9 Å². The summed E-state index contributed by atoms with van der Waals surface area (Å²) in [6.07, 6.45) is 1.86. The third-order valence-corrected chi connectivity index (χ3v) is 12.0. The van der Waals surface area contributed by atoms with Crippen LogP contribution in [0.1, 0.15) is 22.3 Å². The summed E-state index contributed by atoms with van der Waals surface area (Å²) in [5, 5.41) is 1.10. The fourth-order valence-corrected chi connectivity index (χ4v) is 9.46. The summed E-state index contributed by atoms with van der Waals surface area (Å²) >= 11 is 0. The summed E-state index contributed by atoms with van der Waals surface area (Å²) in [4.78, 5) is 20.7. The molecule has 2 aliphatic rings. The summed E-state index contributed by atoms with van der Waals surface area (Å²) in [5.41, 5.74) is 14.2. The van der Waals surface area contributed by atoms with Gasteiger partial charge in [0.15, 0.2) is 17.5 Å². The number of nitrogens with zero attached hydrogens (tertiary/aromatic N) is 4. The topological polar surface area (TPSA) is 60.8 Å². The fourth-order valence-electron chi connectivity index (χ4n) is 9.46. The number of benzene rings is 8. The van der Waals surface area contributed by atoms with Crippen LogP contribution in [0.4, 0.5) is 0 Å². The molecule has 60 heavy (non-hydrogen) atoms. The Morgan fingerprint density at radius 3 is 1.63 bits per heavy atom. The van der Waals surface area contributed by atoms with Crippen molar-refractivity contribution in [1.82, 2.24) is 19.9 Å². The fraction of sp³-hybridized carbons (Fsp3) is 0.0182. The number of aromatic nitrogens is 4. The highest BCUT2D eigenvalue weighted by molar-refractivity contribution is 6.02. The van der Waals surface area contributed by atoms with Crippen LogP contribution >= 0.6 is 0 Å².